The molecule has 0 unspecified atom stereocenters. The third-order valence-corrected chi connectivity index (χ3v) is 2.68. The van der Waals surface area contributed by atoms with Gasteiger partial charge in [-0.2, -0.15) is 0 Å². The van der Waals surface area contributed by atoms with Crippen molar-refractivity contribution in [2.45, 2.75) is 23.0 Å². The summed E-state index contributed by atoms with van der Waals surface area (Å²) in [4.78, 5) is 0. The van der Waals surface area contributed by atoms with Crippen LogP contribution in [0, 0.1) is 0 Å². The summed E-state index contributed by atoms with van der Waals surface area (Å²) in [5, 5.41) is -0.0116. The van der Waals surface area contributed by atoms with Crippen LogP contribution in [-0.2, 0) is 9.47 Å². The smallest absolute Gasteiger partial charge is 0.104 e. The zero-order valence-corrected chi connectivity index (χ0v) is 6.81. The van der Waals surface area contributed by atoms with Gasteiger partial charge >= 0.3 is 0 Å². The Hall–Kier alpha value is 0.500. The molecule has 4 atom stereocenters. The van der Waals surface area contributed by atoms with Gasteiger partial charge in [-0.1, -0.05) is 0 Å². The Morgan fingerprint density at radius 2 is 1.30 bits per heavy atom. The maximum Gasteiger partial charge on any atom is 0.104 e. The molecule has 10 heavy (non-hydrogen) atoms. The highest BCUT2D eigenvalue weighted by Crippen LogP contribution is 2.32. The summed E-state index contributed by atoms with van der Waals surface area (Å²) in [6.45, 7) is 1.14. The molecule has 2 fully saturated rings. The van der Waals surface area contributed by atoms with Gasteiger partial charge in [-0.05, 0) is 0 Å². The highest BCUT2D eigenvalue weighted by molar-refractivity contribution is 6.23. The van der Waals surface area contributed by atoms with Crippen LogP contribution in [-0.4, -0.2) is 36.2 Å². The standard InChI is InChI=1S/C6H8Cl2O2/c7-3-1-9-6-4(8)2-10-5(3)6/h3-6H,1-2H2/t3-,4-,5-,6-/m0/s1. The van der Waals surface area contributed by atoms with Crippen LogP contribution in [0.15, 0.2) is 0 Å². The van der Waals surface area contributed by atoms with E-state index in [2.05, 4.69) is 0 Å². The lowest BCUT2D eigenvalue weighted by Crippen LogP contribution is -2.26. The molecule has 0 saturated carbocycles. The van der Waals surface area contributed by atoms with E-state index in [0.717, 1.165) is 0 Å². The van der Waals surface area contributed by atoms with Crippen molar-refractivity contribution < 1.29 is 9.47 Å². The van der Waals surface area contributed by atoms with Gasteiger partial charge in [0.15, 0.2) is 0 Å². The lowest BCUT2D eigenvalue weighted by molar-refractivity contribution is 0.0741. The lowest BCUT2D eigenvalue weighted by Gasteiger charge is -2.08. The number of hydrogen-bond acceptors (Lipinski definition) is 2. The summed E-state index contributed by atoms with van der Waals surface area (Å²) in [6.07, 6.45) is 0.0633. The molecule has 0 aromatic heterocycles. The first-order chi connectivity index (χ1) is 4.79. The molecule has 2 nitrogen and oxygen atoms in total. The summed E-state index contributed by atoms with van der Waals surface area (Å²) in [6, 6.07) is 0. The molecule has 2 aliphatic heterocycles. The average Bonchev–Trinajstić information content (AvgIpc) is 2.41. The minimum atomic E-state index is -0.00579. The van der Waals surface area contributed by atoms with Crippen molar-refractivity contribution in [1.82, 2.24) is 0 Å². The molecule has 0 bridgehead atoms. The number of alkyl halides is 2. The van der Waals surface area contributed by atoms with Crippen LogP contribution in [0.3, 0.4) is 0 Å². The molecule has 2 aliphatic rings. The zero-order chi connectivity index (χ0) is 7.14. The number of fused-ring (bicyclic) bond motifs is 1. The molecular formula is C6H8Cl2O2. The van der Waals surface area contributed by atoms with E-state index in [0.29, 0.717) is 13.2 Å². The summed E-state index contributed by atoms with van der Waals surface area (Å²) in [5.41, 5.74) is 0. The SMILES string of the molecule is Cl[C@H]1CO[C@@H]2[C@H]1OC[C@@H]2Cl. The van der Waals surface area contributed by atoms with E-state index in [9.17, 15) is 0 Å². The van der Waals surface area contributed by atoms with E-state index in [1.165, 1.54) is 0 Å². The Morgan fingerprint density at radius 3 is 1.70 bits per heavy atom. The van der Waals surface area contributed by atoms with Crippen molar-refractivity contribution in [3.8, 4) is 0 Å². The molecule has 0 amide bonds. The second-order valence-electron chi connectivity index (χ2n) is 2.63. The predicted octanol–water partition coefficient (Wildman–Crippen LogP) is 0.999. The monoisotopic (exact) mass is 182 g/mol. The molecule has 0 radical (unpaired) electrons. The number of hydrogen-bond donors (Lipinski definition) is 0. The molecule has 2 rings (SSSR count). The minimum absolute atomic E-state index is 0.00579. The van der Waals surface area contributed by atoms with Crippen LogP contribution in [0.25, 0.3) is 0 Å². The molecule has 0 aliphatic carbocycles. The first-order valence-corrected chi connectivity index (χ1v) is 4.17. The number of rotatable bonds is 0. The van der Waals surface area contributed by atoms with Crippen LogP contribution in [0.4, 0.5) is 0 Å². The maximum atomic E-state index is 5.87. The molecule has 58 valence electrons. The van der Waals surface area contributed by atoms with Crippen LogP contribution < -0.4 is 0 Å². The van der Waals surface area contributed by atoms with Crippen molar-refractivity contribution in [2.75, 3.05) is 13.2 Å². The van der Waals surface area contributed by atoms with Crippen molar-refractivity contribution >= 4 is 23.2 Å². The molecule has 0 N–H and O–H groups in total. The quantitative estimate of drug-likeness (QED) is 0.521. The average molecular weight is 183 g/mol. The van der Waals surface area contributed by atoms with Gasteiger partial charge in [-0.15, -0.1) is 23.2 Å². The summed E-state index contributed by atoms with van der Waals surface area (Å²) < 4.78 is 10.6. The molecule has 0 spiro atoms. The molecule has 4 heteroatoms. The molecule has 2 saturated heterocycles. The molecule has 0 aromatic rings. The normalized spacial score (nSPS) is 53.4. The first-order valence-electron chi connectivity index (χ1n) is 3.30. The Kier molecular flexibility index (Phi) is 1.81. The van der Waals surface area contributed by atoms with Crippen LogP contribution in [0.5, 0.6) is 0 Å². The van der Waals surface area contributed by atoms with Crippen molar-refractivity contribution in [1.29, 1.82) is 0 Å². The van der Waals surface area contributed by atoms with E-state index < -0.39 is 0 Å². The van der Waals surface area contributed by atoms with E-state index in [4.69, 9.17) is 32.7 Å². The predicted molar refractivity (Wildman–Crippen MR) is 38.8 cm³/mol. The molecule has 0 aromatic carbocycles. The van der Waals surface area contributed by atoms with Crippen LogP contribution in [0.2, 0.25) is 0 Å². The van der Waals surface area contributed by atoms with Crippen molar-refractivity contribution in [3.63, 3.8) is 0 Å². The topological polar surface area (TPSA) is 18.5 Å². The second-order valence-corrected chi connectivity index (χ2v) is 3.75. The fraction of sp³-hybridized carbons (Fsp3) is 1.00. The van der Waals surface area contributed by atoms with Gasteiger partial charge in [-0.25, -0.2) is 0 Å². The summed E-state index contributed by atoms with van der Waals surface area (Å²) >= 11 is 11.7. The van der Waals surface area contributed by atoms with Gasteiger partial charge in [0.05, 0.1) is 24.0 Å². The van der Waals surface area contributed by atoms with E-state index in [-0.39, 0.29) is 23.0 Å². The maximum absolute atomic E-state index is 5.87. The highest BCUT2D eigenvalue weighted by Gasteiger charge is 2.46. The van der Waals surface area contributed by atoms with Crippen LogP contribution in [0.1, 0.15) is 0 Å². The highest BCUT2D eigenvalue weighted by atomic mass is 35.5. The van der Waals surface area contributed by atoms with Crippen molar-refractivity contribution in [3.05, 3.63) is 0 Å². The number of halogens is 2. The third kappa shape index (κ3) is 0.944. The van der Waals surface area contributed by atoms with E-state index in [1.807, 2.05) is 0 Å². The Balaban J connectivity index is 2.09. The first kappa shape index (κ1) is 7.17. The third-order valence-electron chi connectivity index (χ3n) is 1.93. The fourth-order valence-electron chi connectivity index (χ4n) is 1.41. The Labute approximate surface area is 69.4 Å². The number of ether oxygens (including phenoxy) is 2. The van der Waals surface area contributed by atoms with Gasteiger partial charge in [-0.3, -0.25) is 0 Å². The van der Waals surface area contributed by atoms with Gasteiger partial charge in [0.1, 0.15) is 12.2 Å². The summed E-state index contributed by atoms with van der Waals surface area (Å²) in [5.74, 6) is 0. The van der Waals surface area contributed by atoms with Gasteiger partial charge in [0.25, 0.3) is 0 Å². The largest absolute Gasteiger partial charge is 0.372 e. The van der Waals surface area contributed by atoms with Gasteiger partial charge in [0, 0.05) is 0 Å². The second kappa shape index (κ2) is 2.52. The zero-order valence-electron chi connectivity index (χ0n) is 5.30. The Bertz CT molecular complexity index is 126. The van der Waals surface area contributed by atoms with Crippen molar-refractivity contribution in [2.24, 2.45) is 0 Å². The Morgan fingerprint density at radius 1 is 0.900 bits per heavy atom. The van der Waals surface area contributed by atoms with Gasteiger partial charge < -0.3 is 9.47 Å². The van der Waals surface area contributed by atoms with E-state index in [1.54, 1.807) is 0 Å². The minimum Gasteiger partial charge on any atom is -0.372 e. The lowest BCUT2D eigenvalue weighted by atomic mass is 10.2. The molecular weight excluding hydrogens is 175 g/mol. The summed E-state index contributed by atoms with van der Waals surface area (Å²) in [7, 11) is 0. The van der Waals surface area contributed by atoms with Crippen LogP contribution >= 0.6 is 23.2 Å². The fourth-order valence-corrected chi connectivity index (χ4v) is 1.98. The van der Waals surface area contributed by atoms with E-state index >= 15 is 0 Å². The van der Waals surface area contributed by atoms with Gasteiger partial charge in [0.2, 0.25) is 0 Å². The molecule has 2 heterocycles.